The quantitative estimate of drug-likeness (QED) is 0.741. The van der Waals surface area contributed by atoms with Crippen LogP contribution in [-0.4, -0.2) is 35.4 Å². The van der Waals surface area contributed by atoms with E-state index < -0.39 is 40.7 Å². The van der Waals surface area contributed by atoms with Gasteiger partial charge >= 0.3 is 11.9 Å². The van der Waals surface area contributed by atoms with Gasteiger partial charge in [0.05, 0.1) is 11.1 Å². The zero-order chi connectivity index (χ0) is 18.6. The van der Waals surface area contributed by atoms with Gasteiger partial charge in [0.15, 0.2) is 29.0 Å². The van der Waals surface area contributed by atoms with Crippen molar-refractivity contribution in [3.05, 3.63) is 58.9 Å². The summed E-state index contributed by atoms with van der Waals surface area (Å²) < 4.78 is 50.7. The van der Waals surface area contributed by atoms with Crippen LogP contribution in [0.4, 0.5) is 13.2 Å². The molecule has 2 aromatic rings. The van der Waals surface area contributed by atoms with Crippen LogP contribution in [0.3, 0.4) is 0 Å². The molecular formula is C16H11F3O6. The largest absolute Gasteiger partial charge is 0.487 e. The third-order valence-electron chi connectivity index (χ3n) is 3.01. The maximum Gasteiger partial charge on any atom is 0.335 e. The Morgan fingerprint density at radius 2 is 1.32 bits per heavy atom. The van der Waals surface area contributed by atoms with Crippen molar-refractivity contribution in [2.75, 3.05) is 13.2 Å². The molecule has 0 saturated carbocycles. The van der Waals surface area contributed by atoms with Gasteiger partial charge in [0, 0.05) is 0 Å². The van der Waals surface area contributed by atoms with Crippen LogP contribution in [0.2, 0.25) is 0 Å². The monoisotopic (exact) mass is 356 g/mol. The van der Waals surface area contributed by atoms with Crippen molar-refractivity contribution < 1.29 is 42.4 Å². The molecule has 0 aromatic heterocycles. The molecule has 0 aliphatic carbocycles. The molecule has 0 aliphatic rings. The summed E-state index contributed by atoms with van der Waals surface area (Å²) in [6, 6.07) is 4.20. The molecule has 2 N–H and O–H groups in total. The first-order valence-corrected chi connectivity index (χ1v) is 6.80. The van der Waals surface area contributed by atoms with Crippen LogP contribution in [0.25, 0.3) is 0 Å². The van der Waals surface area contributed by atoms with Gasteiger partial charge in [-0.1, -0.05) is 0 Å². The van der Waals surface area contributed by atoms with Crippen LogP contribution in [0, 0.1) is 17.5 Å². The minimum atomic E-state index is -1.49. The lowest BCUT2D eigenvalue weighted by Crippen LogP contribution is -2.12. The maximum absolute atomic E-state index is 13.6. The second kappa shape index (κ2) is 7.56. The van der Waals surface area contributed by atoms with Crippen molar-refractivity contribution >= 4 is 11.9 Å². The van der Waals surface area contributed by atoms with Crippen molar-refractivity contribution in [1.29, 1.82) is 0 Å². The minimum Gasteiger partial charge on any atom is -0.487 e. The summed E-state index contributed by atoms with van der Waals surface area (Å²) in [5, 5.41) is 17.4. The fourth-order valence-corrected chi connectivity index (χ4v) is 1.87. The predicted octanol–water partition coefficient (Wildman–Crippen LogP) is 2.96. The average molecular weight is 356 g/mol. The second-order valence-corrected chi connectivity index (χ2v) is 4.72. The predicted molar refractivity (Wildman–Crippen MR) is 77.7 cm³/mol. The maximum atomic E-state index is 13.6. The average Bonchev–Trinajstić information content (AvgIpc) is 2.54. The fraction of sp³-hybridized carbons (Fsp3) is 0.125. The van der Waals surface area contributed by atoms with Crippen LogP contribution >= 0.6 is 0 Å². The Kier molecular flexibility index (Phi) is 5.48. The Morgan fingerprint density at radius 3 is 1.84 bits per heavy atom. The molecule has 2 aromatic carbocycles. The Bertz CT molecular complexity index is 799. The van der Waals surface area contributed by atoms with E-state index in [1.165, 1.54) is 0 Å². The van der Waals surface area contributed by atoms with Crippen molar-refractivity contribution in [3.8, 4) is 11.5 Å². The van der Waals surface area contributed by atoms with Gasteiger partial charge < -0.3 is 19.7 Å². The summed E-state index contributed by atoms with van der Waals surface area (Å²) in [4.78, 5) is 21.3. The van der Waals surface area contributed by atoms with Gasteiger partial charge in [-0.25, -0.2) is 22.8 Å². The molecule has 0 unspecified atom stereocenters. The molecule has 0 saturated heterocycles. The molecule has 0 aliphatic heterocycles. The number of hydrogen-bond donors (Lipinski definition) is 2. The minimum absolute atomic E-state index is 0.254. The topological polar surface area (TPSA) is 93.1 Å². The molecule has 0 bridgehead atoms. The van der Waals surface area contributed by atoms with E-state index in [1.807, 2.05) is 0 Å². The van der Waals surface area contributed by atoms with Crippen LogP contribution in [-0.2, 0) is 0 Å². The number of ether oxygens (including phenoxy) is 2. The number of hydrogen-bond acceptors (Lipinski definition) is 4. The summed E-state index contributed by atoms with van der Waals surface area (Å²) in [5.41, 5.74) is -0.831. The number of carboxylic acids is 2. The van der Waals surface area contributed by atoms with Gasteiger partial charge in [0.1, 0.15) is 13.2 Å². The normalized spacial score (nSPS) is 10.4. The summed E-state index contributed by atoms with van der Waals surface area (Å²) >= 11 is 0. The van der Waals surface area contributed by atoms with Crippen molar-refractivity contribution in [3.63, 3.8) is 0 Å². The van der Waals surface area contributed by atoms with E-state index in [0.29, 0.717) is 12.1 Å². The molecule has 0 amide bonds. The van der Waals surface area contributed by atoms with E-state index in [2.05, 4.69) is 0 Å². The third-order valence-corrected chi connectivity index (χ3v) is 3.01. The number of carboxylic acid groups (broad SMARTS) is 2. The Morgan fingerprint density at radius 1 is 0.800 bits per heavy atom. The number of rotatable bonds is 7. The summed E-state index contributed by atoms with van der Waals surface area (Å²) in [5.74, 6) is -7.14. The lowest BCUT2D eigenvalue weighted by molar-refractivity contribution is 0.0685. The molecule has 0 radical (unpaired) electrons. The van der Waals surface area contributed by atoms with E-state index in [4.69, 9.17) is 19.7 Å². The molecule has 0 atom stereocenters. The summed E-state index contributed by atoms with van der Waals surface area (Å²) in [6.07, 6.45) is 0. The second-order valence-electron chi connectivity index (χ2n) is 4.72. The van der Waals surface area contributed by atoms with E-state index in [-0.39, 0.29) is 24.5 Å². The summed E-state index contributed by atoms with van der Waals surface area (Å²) in [6.45, 7) is -0.650. The van der Waals surface area contributed by atoms with Gasteiger partial charge in [0.2, 0.25) is 0 Å². The van der Waals surface area contributed by atoms with Crippen LogP contribution in [0.5, 0.6) is 11.5 Å². The standard InChI is InChI=1S/C16H11F3O6/c17-10-5-8(15(20)21)1-2-13(10)24-3-4-25-14-11(18)6-9(16(22)23)7-12(14)19/h1-2,5-7H,3-4H2,(H,20,21)(H,22,23). The zero-order valence-corrected chi connectivity index (χ0v) is 12.5. The first kappa shape index (κ1) is 18.1. The van der Waals surface area contributed by atoms with E-state index in [9.17, 15) is 22.8 Å². The Labute approximate surface area is 139 Å². The fourth-order valence-electron chi connectivity index (χ4n) is 1.87. The van der Waals surface area contributed by atoms with Crippen molar-refractivity contribution in [1.82, 2.24) is 0 Å². The molecule has 0 heterocycles. The molecule has 0 spiro atoms. The Balaban J connectivity index is 1.96. The van der Waals surface area contributed by atoms with Crippen LogP contribution in [0.15, 0.2) is 30.3 Å². The molecule has 25 heavy (non-hydrogen) atoms. The smallest absolute Gasteiger partial charge is 0.335 e. The highest BCUT2D eigenvalue weighted by Gasteiger charge is 2.16. The highest BCUT2D eigenvalue weighted by molar-refractivity contribution is 5.88. The van der Waals surface area contributed by atoms with Gasteiger partial charge in [-0.05, 0) is 30.3 Å². The molecule has 0 fully saturated rings. The Hall–Kier alpha value is -3.23. The number of carbonyl (C=O) groups is 2. The highest BCUT2D eigenvalue weighted by Crippen LogP contribution is 2.24. The van der Waals surface area contributed by atoms with E-state index >= 15 is 0 Å². The van der Waals surface area contributed by atoms with Gasteiger partial charge in [0.25, 0.3) is 0 Å². The van der Waals surface area contributed by atoms with Crippen molar-refractivity contribution in [2.45, 2.75) is 0 Å². The zero-order valence-electron chi connectivity index (χ0n) is 12.5. The summed E-state index contributed by atoms with van der Waals surface area (Å²) in [7, 11) is 0. The van der Waals surface area contributed by atoms with E-state index in [1.54, 1.807) is 0 Å². The number of halogens is 3. The third kappa shape index (κ3) is 4.40. The first-order valence-electron chi connectivity index (χ1n) is 6.80. The molecule has 6 nitrogen and oxygen atoms in total. The SMILES string of the molecule is O=C(O)c1ccc(OCCOc2c(F)cc(C(=O)O)cc2F)c(F)c1. The lowest BCUT2D eigenvalue weighted by atomic mass is 10.2. The molecular weight excluding hydrogens is 345 g/mol. The lowest BCUT2D eigenvalue weighted by Gasteiger charge is -2.11. The highest BCUT2D eigenvalue weighted by atomic mass is 19.1. The molecule has 132 valence electrons. The van der Waals surface area contributed by atoms with Gasteiger partial charge in [-0.2, -0.15) is 0 Å². The molecule has 2 rings (SSSR count). The number of aromatic carboxylic acids is 2. The van der Waals surface area contributed by atoms with Gasteiger partial charge in [-0.15, -0.1) is 0 Å². The van der Waals surface area contributed by atoms with Crippen LogP contribution < -0.4 is 9.47 Å². The van der Waals surface area contributed by atoms with Crippen LogP contribution in [0.1, 0.15) is 20.7 Å². The number of benzene rings is 2. The van der Waals surface area contributed by atoms with Crippen molar-refractivity contribution in [2.24, 2.45) is 0 Å². The van der Waals surface area contributed by atoms with Gasteiger partial charge in [-0.3, -0.25) is 0 Å². The van der Waals surface area contributed by atoms with E-state index in [0.717, 1.165) is 18.2 Å². The first-order chi connectivity index (χ1) is 11.8. The molecule has 9 heteroatoms.